The van der Waals surface area contributed by atoms with Crippen LogP contribution >= 0.6 is 11.6 Å². The largest absolute Gasteiger partial charge is 0.449 e. The minimum Gasteiger partial charge on any atom is -0.449 e. The molecule has 9 nitrogen and oxygen atoms in total. The first-order valence-electron chi connectivity index (χ1n) is 19.7. The maximum atomic E-state index is 12.8. The quantitative estimate of drug-likeness (QED) is 0.0619. The van der Waals surface area contributed by atoms with Crippen LogP contribution in [0.25, 0.3) is 11.0 Å². The molecule has 0 spiro atoms. The van der Waals surface area contributed by atoms with Crippen LogP contribution < -0.4 is 5.32 Å². The normalized spacial score (nSPS) is 20.0. The Balaban J connectivity index is 1.67. The molecule has 1 fully saturated rings. The van der Waals surface area contributed by atoms with Gasteiger partial charge in [0.2, 0.25) is 5.28 Å². The van der Waals surface area contributed by atoms with E-state index in [2.05, 4.69) is 95.9 Å². The molecule has 3 atom stereocenters. The second kappa shape index (κ2) is 19.1. The highest BCUT2D eigenvalue weighted by molar-refractivity contribution is 6.74. The second-order valence-corrected chi connectivity index (χ2v) is 27.6. The first-order chi connectivity index (χ1) is 24.3. The Morgan fingerprint density at radius 3 is 2.06 bits per heavy atom. The molecule has 3 heterocycles. The summed E-state index contributed by atoms with van der Waals surface area (Å²) in [5, 5.41) is 3.37. The highest BCUT2D eigenvalue weighted by Gasteiger charge is 2.54. The van der Waals surface area contributed by atoms with Crippen molar-refractivity contribution in [2.45, 2.75) is 186 Å². The monoisotopic (exact) mass is 776 g/mol. The van der Waals surface area contributed by atoms with E-state index in [0.717, 1.165) is 19.3 Å². The van der Waals surface area contributed by atoms with Gasteiger partial charge in [-0.3, -0.25) is 5.32 Å². The fourth-order valence-electron chi connectivity index (χ4n) is 5.96. The molecule has 1 saturated heterocycles. The summed E-state index contributed by atoms with van der Waals surface area (Å²) in [7, 11) is -4.43. The third kappa shape index (κ3) is 12.0. The van der Waals surface area contributed by atoms with Crippen LogP contribution in [0.3, 0.4) is 0 Å². The van der Waals surface area contributed by atoms with Crippen LogP contribution in [0.5, 0.6) is 0 Å². The molecule has 2 aromatic rings. The van der Waals surface area contributed by atoms with Gasteiger partial charge in [0.05, 0.1) is 24.7 Å². The predicted octanol–water partition coefficient (Wildman–Crippen LogP) is 12.0. The van der Waals surface area contributed by atoms with Crippen molar-refractivity contribution in [2.24, 2.45) is 0 Å². The van der Waals surface area contributed by atoms with Crippen LogP contribution in [-0.2, 0) is 18.3 Å². The summed E-state index contributed by atoms with van der Waals surface area (Å²) in [4.78, 5) is 21.7. The molecule has 0 aliphatic carbocycles. The Morgan fingerprint density at radius 2 is 1.52 bits per heavy atom. The van der Waals surface area contributed by atoms with E-state index in [1.807, 2.05) is 16.8 Å². The number of hydrogen-bond donors (Lipinski definition) is 1. The Kier molecular flexibility index (Phi) is 16.3. The summed E-state index contributed by atoms with van der Waals surface area (Å²) >= 11 is 6.43. The summed E-state index contributed by atoms with van der Waals surface area (Å²) in [6, 6.07) is 1.85. The number of aromatic nitrogens is 3. The lowest BCUT2D eigenvalue weighted by Crippen LogP contribution is -2.54. The highest BCUT2D eigenvalue weighted by atomic mass is 35.5. The van der Waals surface area contributed by atoms with Crippen LogP contribution in [0.1, 0.15) is 138 Å². The molecule has 0 radical (unpaired) electrons. The summed E-state index contributed by atoms with van der Waals surface area (Å²) < 4.78 is 28.0. The molecule has 1 amide bonds. The number of anilines is 1. The van der Waals surface area contributed by atoms with Crippen molar-refractivity contribution in [2.75, 3.05) is 18.5 Å². The van der Waals surface area contributed by atoms with E-state index in [1.54, 1.807) is 0 Å². The zero-order valence-electron chi connectivity index (χ0n) is 34.3. The smallest absolute Gasteiger partial charge is 0.412 e. The van der Waals surface area contributed by atoms with Crippen LogP contribution in [0.15, 0.2) is 12.3 Å². The number of nitrogens with zero attached hydrogens (tertiary/aromatic N) is 3. The SMILES string of the molecule is C#C[C@]1(CO[Si](C)(C)C(C)(C)C)O[C@@H](n2ccc3c(NC(=O)OCCCCCCCCCCCCCC)nc(Cl)nc32)C[C@@H]1O[Si](C)(C)C(C)(C)C. The molecule has 0 aromatic carbocycles. The van der Waals surface area contributed by atoms with Gasteiger partial charge >= 0.3 is 6.09 Å². The number of carbonyl (C=O) groups excluding carboxylic acids is 1. The molecule has 1 aliphatic heterocycles. The topological polar surface area (TPSA) is 96.7 Å². The summed E-state index contributed by atoms with van der Waals surface area (Å²) in [6.07, 6.45) is 22.2. The highest BCUT2D eigenvalue weighted by Crippen LogP contribution is 2.47. The van der Waals surface area contributed by atoms with Gasteiger partial charge in [-0.2, -0.15) is 9.97 Å². The number of nitrogens with one attached hydrogen (secondary N) is 1. The van der Waals surface area contributed by atoms with Crippen molar-refractivity contribution in [1.29, 1.82) is 0 Å². The number of fused-ring (bicyclic) bond motifs is 1. The number of terminal acetylenes is 1. The van der Waals surface area contributed by atoms with Crippen LogP contribution in [-0.4, -0.2) is 62.2 Å². The number of halogens is 1. The van der Waals surface area contributed by atoms with E-state index >= 15 is 0 Å². The van der Waals surface area contributed by atoms with E-state index in [4.69, 9.17) is 36.4 Å². The summed E-state index contributed by atoms with van der Waals surface area (Å²) in [5.41, 5.74) is -0.590. The molecule has 294 valence electrons. The molecule has 2 aromatic heterocycles. The minimum atomic E-state index is -2.26. The van der Waals surface area contributed by atoms with E-state index in [9.17, 15) is 4.79 Å². The van der Waals surface area contributed by atoms with Gasteiger partial charge in [0, 0.05) is 12.6 Å². The standard InChI is InChI=1S/C40H69ClN4O5Si2/c1-13-15-16-17-18-19-20-21-22-23-24-25-28-47-37(46)43-34-31-26-27-45(35(31)44-36(41)42-34)33-29-32(50-52(11,12)39(6,7)8)40(14-2,49-33)30-48-51(9,10)38(3,4)5/h2,26-27,32-33H,13,15-25,28-30H2,1,3-12H3,(H,42,43,44,46)/t32-,33+,40+/m0/s1. The second-order valence-electron chi connectivity index (χ2n) is 17.7. The summed E-state index contributed by atoms with van der Waals surface area (Å²) in [5.74, 6) is 3.27. The van der Waals surface area contributed by atoms with Crippen LogP contribution in [0, 0.1) is 12.3 Å². The zero-order chi connectivity index (χ0) is 38.8. The number of unbranched alkanes of at least 4 members (excludes halogenated alkanes) is 11. The van der Waals surface area contributed by atoms with Gasteiger partial charge in [-0.05, 0) is 60.4 Å². The predicted molar refractivity (Wildman–Crippen MR) is 220 cm³/mol. The van der Waals surface area contributed by atoms with E-state index in [0.29, 0.717) is 24.1 Å². The Morgan fingerprint density at radius 1 is 0.962 bits per heavy atom. The van der Waals surface area contributed by atoms with Gasteiger partial charge in [-0.25, -0.2) is 4.79 Å². The van der Waals surface area contributed by atoms with Crippen molar-refractivity contribution in [3.63, 3.8) is 0 Å². The first kappa shape index (κ1) is 44.5. The van der Waals surface area contributed by atoms with E-state index in [-0.39, 0.29) is 27.8 Å². The van der Waals surface area contributed by atoms with Crippen molar-refractivity contribution in [1.82, 2.24) is 14.5 Å². The van der Waals surface area contributed by atoms with Crippen molar-refractivity contribution >= 4 is 51.2 Å². The van der Waals surface area contributed by atoms with Gasteiger partial charge in [0.1, 0.15) is 17.7 Å². The molecule has 0 unspecified atom stereocenters. The Bertz CT molecular complexity index is 1480. The van der Waals surface area contributed by atoms with Crippen molar-refractivity contribution in [3.8, 4) is 12.3 Å². The van der Waals surface area contributed by atoms with Crippen LogP contribution in [0.4, 0.5) is 10.6 Å². The van der Waals surface area contributed by atoms with Gasteiger partial charge in [-0.15, -0.1) is 6.42 Å². The molecular weight excluding hydrogens is 708 g/mol. The molecular formula is C40H69ClN4O5Si2. The maximum Gasteiger partial charge on any atom is 0.412 e. The molecule has 1 aliphatic rings. The lowest BCUT2D eigenvalue weighted by molar-refractivity contribution is -0.0836. The number of ether oxygens (including phenoxy) is 2. The molecule has 1 N–H and O–H groups in total. The molecule has 3 rings (SSSR count). The van der Waals surface area contributed by atoms with Gasteiger partial charge < -0.3 is 22.9 Å². The first-order valence-corrected chi connectivity index (χ1v) is 25.9. The third-order valence-corrected chi connectivity index (χ3v) is 20.7. The average molecular weight is 778 g/mol. The van der Waals surface area contributed by atoms with Crippen LogP contribution in [0.2, 0.25) is 41.5 Å². The van der Waals surface area contributed by atoms with Crippen molar-refractivity contribution in [3.05, 3.63) is 17.5 Å². The average Bonchev–Trinajstić information content (AvgIpc) is 3.62. The maximum absolute atomic E-state index is 12.8. The fourth-order valence-corrected chi connectivity index (χ4v) is 8.49. The third-order valence-electron chi connectivity index (χ3n) is 11.5. The number of hydrogen-bond acceptors (Lipinski definition) is 7. The number of rotatable bonds is 20. The van der Waals surface area contributed by atoms with Gasteiger partial charge in [0.25, 0.3) is 0 Å². The molecule has 52 heavy (non-hydrogen) atoms. The van der Waals surface area contributed by atoms with E-state index < -0.39 is 40.7 Å². The molecule has 0 bridgehead atoms. The number of amides is 1. The Hall–Kier alpha value is -1.95. The zero-order valence-corrected chi connectivity index (χ0v) is 37.0. The fraction of sp³-hybridized carbons (Fsp3) is 0.775. The summed E-state index contributed by atoms with van der Waals surface area (Å²) in [6.45, 7) is 25.0. The lowest BCUT2D eigenvalue weighted by atomic mass is 9.99. The molecule has 12 heteroatoms. The van der Waals surface area contributed by atoms with Gasteiger partial charge in [0.15, 0.2) is 22.2 Å². The molecule has 0 saturated carbocycles. The van der Waals surface area contributed by atoms with Gasteiger partial charge in [-0.1, -0.05) is 125 Å². The van der Waals surface area contributed by atoms with E-state index in [1.165, 1.54) is 57.8 Å². The van der Waals surface area contributed by atoms with Crippen molar-refractivity contribution < 1.29 is 23.1 Å². The minimum absolute atomic E-state index is 0.000234. The Labute approximate surface area is 322 Å². The lowest BCUT2D eigenvalue weighted by Gasteiger charge is -2.43. The number of carbonyl (C=O) groups is 1.